The summed E-state index contributed by atoms with van der Waals surface area (Å²) in [5, 5.41) is 2.80. The van der Waals surface area contributed by atoms with Crippen LogP contribution in [-0.2, 0) is 11.3 Å². The lowest BCUT2D eigenvalue weighted by atomic mass is 9.97. The monoisotopic (exact) mass is 433 g/mol. The normalized spacial score (nSPS) is 17.5. The fourth-order valence-corrected chi connectivity index (χ4v) is 3.67. The predicted octanol–water partition coefficient (Wildman–Crippen LogP) is 3.54. The number of halogens is 2. The Hall–Kier alpha value is -2.25. The van der Waals surface area contributed by atoms with Crippen LogP contribution in [0.25, 0.3) is 0 Å². The van der Waals surface area contributed by atoms with Gasteiger partial charge in [-0.1, -0.05) is 34.1 Å². The lowest BCUT2D eigenvalue weighted by Crippen LogP contribution is -2.40. The van der Waals surface area contributed by atoms with E-state index in [9.17, 15) is 14.0 Å². The second-order valence-corrected chi connectivity index (χ2v) is 7.63. The van der Waals surface area contributed by atoms with Gasteiger partial charge in [-0.05, 0) is 49.2 Å². The molecule has 1 atom stereocenters. The Morgan fingerprint density at radius 3 is 2.81 bits per heavy atom. The molecule has 1 saturated heterocycles. The molecule has 5 nitrogen and oxygen atoms in total. The molecule has 0 bridgehead atoms. The average molecular weight is 434 g/mol. The lowest BCUT2D eigenvalue weighted by Gasteiger charge is -2.31. The van der Waals surface area contributed by atoms with E-state index in [0.717, 1.165) is 24.9 Å². The van der Waals surface area contributed by atoms with Crippen LogP contribution >= 0.6 is 15.9 Å². The van der Waals surface area contributed by atoms with Crippen LogP contribution in [0, 0.1) is 11.7 Å². The summed E-state index contributed by atoms with van der Waals surface area (Å²) in [7, 11) is 0. The van der Waals surface area contributed by atoms with Crippen molar-refractivity contribution in [3.63, 3.8) is 0 Å². The first-order chi connectivity index (χ1) is 12.9. The number of nitrogens with one attached hydrogen (secondary N) is 1. The number of piperidine rings is 1. The van der Waals surface area contributed by atoms with Crippen molar-refractivity contribution >= 4 is 33.4 Å². The largest absolute Gasteiger partial charge is 0.369 e. The number of hydrogen-bond acceptors (Lipinski definition) is 3. The van der Waals surface area contributed by atoms with Crippen LogP contribution in [0.3, 0.4) is 0 Å². The van der Waals surface area contributed by atoms with E-state index in [1.807, 2.05) is 18.2 Å². The number of carbonyl (C=O) groups excluding carboxylic acids is 2. The van der Waals surface area contributed by atoms with Crippen molar-refractivity contribution in [2.75, 3.05) is 18.4 Å². The Bertz CT molecular complexity index is 859. The van der Waals surface area contributed by atoms with E-state index in [-0.39, 0.29) is 17.4 Å². The topological polar surface area (TPSA) is 75.4 Å². The minimum atomic E-state index is -0.575. The number of rotatable bonds is 5. The molecule has 1 aliphatic heterocycles. The lowest BCUT2D eigenvalue weighted by molar-refractivity contribution is -0.123. The van der Waals surface area contributed by atoms with E-state index in [2.05, 4.69) is 26.1 Å². The fourth-order valence-electron chi connectivity index (χ4n) is 3.31. The third-order valence-electron chi connectivity index (χ3n) is 4.74. The first-order valence-corrected chi connectivity index (χ1v) is 9.59. The van der Waals surface area contributed by atoms with E-state index in [4.69, 9.17) is 5.73 Å². The number of carbonyl (C=O) groups is 2. The van der Waals surface area contributed by atoms with Gasteiger partial charge in [-0.15, -0.1) is 0 Å². The van der Waals surface area contributed by atoms with Crippen LogP contribution in [0.2, 0.25) is 0 Å². The summed E-state index contributed by atoms with van der Waals surface area (Å²) in [4.78, 5) is 26.2. The minimum absolute atomic E-state index is 0.0223. The summed E-state index contributed by atoms with van der Waals surface area (Å²) in [6.45, 7) is 2.06. The highest BCUT2D eigenvalue weighted by atomic mass is 79.9. The van der Waals surface area contributed by atoms with Crippen LogP contribution < -0.4 is 11.1 Å². The molecule has 0 aromatic heterocycles. The van der Waals surface area contributed by atoms with Crippen molar-refractivity contribution in [3.8, 4) is 0 Å². The molecule has 1 unspecified atom stereocenters. The predicted molar refractivity (Wildman–Crippen MR) is 106 cm³/mol. The van der Waals surface area contributed by atoms with Crippen LogP contribution in [-0.4, -0.2) is 29.8 Å². The molecule has 1 heterocycles. The maximum atomic E-state index is 14.0. The number of likely N-dealkylation sites (tertiary alicyclic amines) is 1. The zero-order chi connectivity index (χ0) is 19.4. The van der Waals surface area contributed by atoms with Crippen molar-refractivity contribution in [2.45, 2.75) is 19.4 Å². The highest BCUT2D eigenvalue weighted by molar-refractivity contribution is 9.10. The second-order valence-electron chi connectivity index (χ2n) is 6.71. The highest BCUT2D eigenvalue weighted by Crippen LogP contribution is 2.23. The molecule has 0 radical (unpaired) electrons. The number of hydrogen-bond donors (Lipinski definition) is 2. The zero-order valence-corrected chi connectivity index (χ0v) is 16.3. The van der Waals surface area contributed by atoms with Gasteiger partial charge in [0.2, 0.25) is 5.91 Å². The molecule has 1 aliphatic rings. The Morgan fingerprint density at radius 1 is 1.26 bits per heavy atom. The maximum Gasteiger partial charge on any atom is 0.258 e. The van der Waals surface area contributed by atoms with Crippen LogP contribution in [0.5, 0.6) is 0 Å². The highest BCUT2D eigenvalue weighted by Gasteiger charge is 2.24. The van der Waals surface area contributed by atoms with Crippen LogP contribution in [0.1, 0.15) is 28.8 Å². The molecule has 3 rings (SSSR count). The first kappa shape index (κ1) is 19.5. The van der Waals surface area contributed by atoms with E-state index < -0.39 is 11.7 Å². The molecule has 2 amide bonds. The molecule has 7 heteroatoms. The number of benzene rings is 2. The third-order valence-corrected chi connectivity index (χ3v) is 5.23. The number of amides is 2. The standard InChI is InChI=1S/C20H21BrFN3O2/c21-15-7-8-17(22)16(10-15)20(27)24-18-6-2-1-4-13(18)11-25-9-3-5-14(12-25)19(23)26/h1-2,4,6-8,10,14H,3,5,9,11-12H2,(H2,23,26)(H,24,27). The van der Waals surface area contributed by atoms with Gasteiger partial charge in [0.15, 0.2) is 0 Å². The Morgan fingerprint density at radius 2 is 2.04 bits per heavy atom. The second kappa shape index (κ2) is 8.63. The zero-order valence-electron chi connectivity index (χ0n) is 14.8. The third kappa shape index (κ3) is 4.93. The molecule has 0 saturated carbocycles. The number of anilines is 1. The summed E-state index contributed by atoms with van der Waals surface area (Å²) >= 11 is 3.26. The Balaban J connectivity index is 1.75. The Labute approximate surface area is 165 Å². The Kier molecular flexibility index (Phi) is 6.23. The molecule has 0 spiro atoms. The van der Waals surface area contributed by atoms with Crippen LogP contribution in [0.4, 0.5) is 10.1 Å². The van der Waals surface area contributed by atoms with Crippen molar-refractivity contribution in [3.05, 3.63) is 63.9 Å². The van der Waals surface area contributed by atoms with Gasteiger partial charge in [0.05, 0.1) is 11.5 Å². The van der Waals surface area contributed by atoms with Gasteiger partial charge >= 0.3 is 0 Å². The number of nitrogens with zero attached hydrogens (tertiary/aromatic N) is 1. The fraction of sp³-hybridized carbons (Fsp3) is 0.300. The van der Waals surface area contributed by atoms with E-state index in [1.54, 1.807) is 12.1 Å². The summed E-state index contributed by atoms with van der Waals surface area (Å²) < 4.78 is 14.6. The number of para-hydroxylation sites is 1. The molecule has 2 aromatic carbocycles. The van der Waals surface area contributed by atoms with Crippen LogP contribution in [0.15, 0.2) is 46.9 Å². The molecular formula is C20H21BrFN3O2. The van der Waals surface area contributed by atoms with E-state index in [0.29, 0.717) is 23.2 Å². The summed E-state index contributed by atoms with van der Waals surface area (Å²) in [6, 6.07) is 11.7. The molecule has 3 N–H and O–H groups in total. The number of primary amides is 1. The van der Waals surface area contributed by atoms with Crippen molar-refractivity contribution in [1.29, 1.82) is 0 Å². The van der Waals surface area contributed by atoms with E-state index >= 15 is 0 Å². The number of nitrogens with two attached hydrogens (primary N) is 1. The van der Waals surface area contributed by atoms with Gasteiger partial charge in [-0.3, -0.25) is 14.5 Å². The first-order valence-electron chi connectivity index (χ1n) is 8.80. The van der Waals surface area contributed by atoms with Gasteiger partial charge in [0, 0.05) is 23.2 Å². The van der Waals surface area contributed by atoms with Gasteiger partial charge in [0.1, 0.15) is 5.82 Å². The summed E-state index contributed by atoms with van der Waals surface area (Å²) in [5.74, 6) is -1.49. The molecule has 1 fully saturated rings. The van der Waals surface area contributed by atoms with Gasteiger partial charge in [-0.25, -0.2) is 4.39 Å². The molecule has 27 heavy (non-hydrogen) atoms. The summed E-state index contributed by atoms with van der Waals surface area (Å²) in [6.07, 6.45) is 1.72. The molecule has 0 aliphatic carbocycles. The quantitative estimate of drug-likeness (QED) is 0.756. The van der Waals surface area contributed by atoms with Crippen molar-refractivity contribution < 1.29 is 14.0 Å². The van der Waals surface area contributed by atoms with Gasteiger partial charge in [-0.2, -0.15) is 0 Å². The smallest absolute Gasteiger partial charge is 0.258 e. The molecular weight excluding hydrogens is 413 g/mol. The van der Waals surface area contributed by atoms with Gasteiger partial charge in [0.25, 0.3) is 5.91 Å². The average Bonchev–Trinajstić information content (AvgIpc) is 2.65. The minimum Gasteiger partial charge on any atom is -0.369 e. The molecule has 142 valence electrons. The van der Waals surface area contributed by atoms with Crippen molar-refractivity contribution in [2.24, 2.45) is 11.7 Å². The SMILES string of the molecule is NC(=O)C1CCCN(Cc2ccccc2NC(=O)c2cc(Br)ccc2F)C1. The van der Waals surface area contributed by atoms with Gasteiger partial charge < -0.3 is 11.1 Å². The summed E-state index contributed by atoms with van der Waals surface area (Å²) in [5.41, 5.74) is 6.96. The molecule has 2 aromatic rings. The maximum absolute atomic E-state index is 14.0. The van der Waals surface area contributed by atoms with E-state index in [1.165, 1.54) is 12.1 Å². The van der Waals surface area contributed by atoms with Crippen molar-refractivity contribution in [1.82, 2.24) is 4.90 Å².